The first-order valence-corrected chi connectivity index (χ1v) is 9.76. The summed E-state index contributed by atoms with van der Waals surface area (Å²) in [6.45, 7) is 3.23. The summed E-state index contributed by atoms with van der Waals surface area (Å²) in [4.78, 5) is 17.5. The first kappa shape index (κ1) is 19.2. The van der Waals surface area contributed by atoms with Crippen molar-refractivity contribution in [2.45, 2.75) is 25.9 Å². The molecule has 2 heterocycles. The van der Waals surface area contributed by atoms with E-state index < -0.39 is 0 Å². The summed E-state index contributed by atoms with van der Waals surface area (Å²) in [5.41, 5.74) is 3.02. The number of hydrogen-bond donors (Lipinski definition) is 1. The molecule has 1 aliphatic heterocycles. The molecular formula is C23H24N2O4. The molecule has 1 saturated heterocycles. The van der Waals surface area contributed by atoms with Gasteiger partial charge in [0.05, 0.1) is 18.9 Å². The molecule has 150 valence electrons. The highest BCUT2D eigenvalue weighted by atomic mass is 16.5. The summed E-state index contributed by atoms with van der Waals surface area (Å²) < 4.78 is 17.1. The van der Waals surface area contributed by atoms with Crippen LogP contribution in [0.2, 0.25) is 0 Å². The van der Waals surface area contributed by atoms with Crippen molar-refractivity contribution in [2.75, 3.05) is 20.3 Å². The summed E-state index contributed by atoms with van der Waals surface area (Å²) in [5, 5.41) is 3.73. The van der Waals surface area contributed by atoms with Gasteiger partial charge >= 0.3 is 0 Å². The van der Waals surface area contributed by atoms with E-state index in [1.807, 2.05) is 49.4 Å². The van der Waals surface area contributed by atoms with Crippen molar-refractivity contribution in [3.63, 3.8) is 0 Å². The Labute approximate surface area is 169 Å². The molecule has 4 rings (SSSR count). The molecular weight excluding hydrogens is 368 g/mol. The van der Waals surface area contributed by atoms with Crippen LogP contribution in [0, 0.1) is 6.92 Å². The molecule has 1 atom stereocenters. The molecule has 0 aliphatic carbocycles. The van der Waals surface area contributed by atoms with E-state index in [-0.39, 0.29) is 17.6 Å². The van der Waals surface area contributed by atoms with Crippen molar-refractivity contribution in [1.29, 1.82) is 0 Å². The molecule has 0 unspecified atom stereocenters. The number of nitrogens with zero attached hydrogens (tertiary/aromatic N) is 1. The van der Waals surface area contributed by atoms with Crippen molar-refractivity contribution < 1.29 is 18.7 Å². The molecule has 0 bridgehead atoms. The van der Waals surface area contributed by atoms with Crippen molar-refractivity contribution in [3.8, 4) is 5.75 Å². The lowest BCUT2D eigenvalue weighted by Crippen LogP contribution is -2.34. The van der Waals surface area contributed by atoms with E-state index >= 15 is 0 Å². The molecule has 1 aromatic heterocycles. The molecule has 1 fully saturated rings. The van der Waals surface area contributed by atoms with E-state index in [9.17, 15) is 4.79 Å². The van der Waals surface area contributed by atoms with Crippen LogP contribution < -0.4 is 15.6 Å². The smallest absolute Gasteiger partial charge is 0.256 e. The number of benzene rings is 2. The van der Waals surface area contributed by atoms with Crippen molar-refractivity contribution in [1.82, 2.24) is 5.32 Å². The third-order valence-electron chi connectivity index (χ3n) is 4.98. The van der Waals surface area contributed by atoms with Crippen LogP contribution in [0.4, 0.5) is 5.69 Å². The zero-order valence-corrected chi connectivity index (χ0v) is 16.6. The van der Waals surface area contributed by atoms with E-state index in [0.29, 0.717) is 29.1 Å². The zero-order chi connectivity index (χ0) is 20.2. The van der Waals surface area contributed by atoms with Gasteiger partial charge in [-0.15, -0.1) is 0 Å². The Hall–Kier alpha value is -3.12. The Morgan fingerprint density at radius 1 is 1.24 bits per heavy atom. The summed E-state index contributed by atoms with van der Waals surface area (Å²) in [7, 11) is 1.59. The molecule has 2 aromatic carbocycles. The van der Waals surface area contributed by atoms with Gasteiger partial charge < -0.3 is 19.2 Å². The predicted molar refractivity (Wildman–Crippen MR) is 110 cm³/mol. The monoisotopic (exact) mass is 392 g/mol. The Morgan fingerprint density at radius 3 is 2.79 bits per heavy atom. The number of para-hydroxylation sites is 1. The van der Waals surface area contributed by atoms with E-state index in [1.165, 1.54) is 0 Å². The van der Waals surface area contributed by atoms with E-state index in [0.717, 1.165) is 30.4 Å². The molecule has 3 aromatic rings. The minimum atomic E-state index is -0.236. The van der Waals surface area contributed by atoms with E-state index in [4.69, 9.17) is 13.9 Å². The Kier molecular flexibility index (Phi) is 5.62. The fraction of sp³-hybridized carbons (Fsp3) is 0.304. The standard InChI is InChI=1S/C23H24N2O4/c1-15-8-10-17(11-9-15)25-23-19(22(26)24-14-18-6-4-12-28-18)13-16-5-3-7-20(27-2)21(16)29-23/h3,5,7-11,13,18H,4,6,12,14H2,1-2H3,(H,24,26)/t18-/m1/s1. The van der Waals surface area contributed by atoms with Crippen LogP contribution in [0.1, 0.15) is 28.8 Å². The SMILES string of the molecule is COc1cccc2cc(C(=O)NC[C@H]3CCCO3)c(=Nc3ccc(C)cc3)oc12. The summed E-state index contributed by atoms with van der Waals surface area (Å²) in [6, 6.07) is 15.1. The van der Waals surface area contributed by atoms with Crippen LogP contribution in [0.3, 0.4) is 0 Å². The quantitative estimate of drug-likeness (QED) is 0.715. The maximum atomic E-state index is 12.9. The van der Waals surface area contributed by atoms with Gasteiger partial charge in [0, 0.05) is 18.5 Å². The average molecular weight is 392 g/mol. The van der Waals surface area contributed by atoms with E-state index in [1.54, 1.807) is 13.2 Å². The first-order valence-electron chi connectivity index (χ1n) is 9.76. The fourth-order valence-corrected chi connectivity index (χ4v) is 3.37. The normalized spacial score (nSPS) is 16.9. The number of carbonyl (C=O) groups excluding carboxylic acids is 1. The van der Waals surface area contributed by atoms with Gasteiger partial charge in [0.25, 0.3) is 5.91 Å². The van der Waals surface area contributed by atoms with E-state index in [2.05, 4.69) is 10.3 Å². The number of aryl methyl sites for hydroxylation is 1. The topological polar surface area (TPSA) is 73.1 Å². The summed E-state index contributed by atoms with van der Waals surface area (Å²) >= 11 is 0. The lowest BCUT2D eigenvalue weighted by Gasteiger charge is -2.12. The number of rotatable bonds is 5. The van der Waals surface area contributed by atoms with Gasteiger partial charge in [0.15, 0.2) is 11.3 Å². The number of amides is 1. The summed E-state index contributed by atoms with van der Waals surface area (Å²) in [5.74, 6) is 0.356. The molecule has 1 aliphatic rings. The zero-order valence-electron chi connectivity index (χ0n) is 16.6. The van der Waals surface area contributed by atoms with Crippen molar-refractivity contribution in [3.05, 3.63) is 65.2 Å². The van der Waals surface area contributed by atoms with Crippen LogP contribution in [0.5, 0.6) is 5.75 Å². The minimum absolute atomic E-state index is 0.0638. The molecule has 0 radical (unpaired) electrons. The number of carbonyl (C=O) groups is 1. The molecule has 0 spiro atoms. The van der Waals surface area contributed by atoms with Gasteiger partial charge in [-0.3, -0.25) is 4.79 Å². The molecule has 0 saturated carbocycles. The maximum Gasteiger partial charge on any atom is 0.256 e. The second kappa shape index (κ2) is 8.49. The molecule has 1 amide bonds. The Balaban J connectivity index is 1.77. The lowest BCUT2D eigenvalue weighted by molar-refractivity contribution is 0.0854. The van der Waals surface area contributed by atoms with Crippen LogP contribution >= 0.6 is 0 Å². The Morgan fingerprint density at radius 2 is 2.07 bits per heavy atom. The Bertz CT molecular complexity index is 1080. The number of ether oxygens (including phenoxy) is 2. The number of nitrogens with one attached hydrogen (secondary N) is 1. The van der Waals surface area contributed by atoms with Crippen molar-refractivity contribution in [2.24, 2.45) is 4.99 Å². The largest absolute Gasteiger partial charge is 0.493 e. The fourth-order valence-electron chi connectivity index (χ4n) is 3.37. The highest BCUT2D eigenvalue weighted by Gasteiger charge is 2.19. The second-order valence-corrected chi connectivity index (χ2v) is 7.14. The second-order valence-electron chi connectivity index (χ2n) is 7.14. The van der Waals surface area contributed by atoms with Gasteiger partial charge in [0.2, 0.25) is 5.55 Å². The number of fused-ring (bicyclic) bond motifs is 1. The van der Waals surface area contributed by atoms with Gasteiger partial charge in [-0.1, -0.05) is 29.8 Å². The third kappa shape index (κ3) is 4.32. The average Bonchev–Trinajstić information content (AvgIpc) is 3.26. The van der Waals surface area contributed by atoms with Crippen LogP contribution in [-0.2, 0) is 4.74 Å². The van der Waals surface area contributed by atoms with Crippen molar-refractivity contribution >= 4 is 22.6 Å². The van der Waals surface area contributed by atoms with Gasteiger partial charge in [-0.2, -0.15) is 0 Å². The first-order chi connectivity index (χ1) is 14.1. The highest BCUT2D eigenvalue weighted by molar-refractivity contribution is 5.97. The minimum Gasteiger partial charge on any atom is -0.493 e. The molecule has 1 N–H and O–H groups in total. The summed E-state index contributed by atoms with van der Waals surface area (Å²) in [6.07, 6.45) is 2.05. The van der Waals surface area contributed by atoms with Crippen LogP contribution in [0.15, 0.2) is 57.9 Å². The lowest BCUT2D eigenvalue weighted by atomic mass is 10.1. The number of hydrogen-bond acceptors (Lipinski definition) is 5. The van der Waals surface area contributed by atoms with Gasteiger partial charge in [0.1, 0.15) is 5.56 Å². The molecule has 6 heteroatoms. The molecule has 29 heavy (non-hydrogen) atoms. The third-order valence-corrected chi connectivity index (χ3v) is 4.98. The number of methoxy groups -OCH3 is 1. The maximum absolute atomic E-state index is 12.9. The van der Waals surface area contributed by atoms with Crippen LogP contribution in [-0.4, -0.2) is 32.3 Å². The van der Waals surface area contributed by atoms with Gasteiger partial charge in [-0.25, -0.2) is 4.99 Å². The van der Waals surface area contributed by atoms with Gasteiger partial charge in [-0.05, 0) is 44.0 Å². The molecule has 6 nitrogen and oxygen atoms in total. The van der Waals surface area contributed by atoms with Crippen LogP contribution in [0.25, 0.3) is 11.0 Å². The highest BCUT2D eigenvalue weighted by Crippen LogP contribution is 2.25. The predicted octanol–water partition coefficient (Wildman–Crippen LogP) is 3.89.